The third kappa shape index (κ3) is 5.08. The zero-order valence-corrected chi connectivity index (χ0v) is 17.3. The maximum Gasteiger partial charge on any atom is 0.311 e. The Bertz CT molecular complexity index is 765. The largest absolute Gasteiger partial charge is 0.497 e. The molecule has 1 saturated heterocycles. The van der Waals surface area contributed by atoms with Crippen molar-refractivity contribution in [1.82, 2.24) is 4.90 Å². The van der Waals surface area contributed by atoms with Crippen molar-refractivity contribution < 1.29 is 23.9 Å². The number of hydrogen-bond acceptors (Lipinski definition) is 5. The Morgan fingerprint density at radius 3 is 2.79 bits per heavy atom. The van der Waals surface area contributed by atoms with E-state index < -0.39 is 17.8 Å². The highest BCUT2D eigenvalue weighted by atomic mass is 16.5. The summed E-state index contributed by atoms with van der Waals surface area (Å²) in [4.78, 5) is 38.9. The second kappa shape index (κ2) is 9.29. The smallest absolute Gasteiger partial charge is 0.311 e. The van der Waals surface area contributed by atoms with Gasteiger partial charge in [-0.05, 0) is 30.4 Å². The van der Waals surface area contributed by atoms with E-state index in [1.807, 2.05) is 4.90 Å². The van der Waals surface area contributed by atoms with Gasteiger partial charge in [0.25, 0.3) is 5.91 Å². The number of ether oxygens (including phenoxy) is 2. The molecule has 1 heterocycles. The van der Waals surface area contributed by atoms with Gasteiger partial charge in [-0.25, -0.2) is 0 Å². The van der Waals surface area contributed by atoms with Gasteiger partial charge >= 0.3 is 5.97 Å². The van der Waals surface area contributed by atoms with Crippen molar-refractivity contribution in [2.24, 2.45) is 17.8 Å². The highest BCUT2D eigenvalue weighted by molar-refractivity contribution is 5.93. The number of hydrogen-bond donors (Lipinski definition) is 1. The molecule has 7 heteroatoms. The Balaban J connectivity index is 1.49. The van der Waals surface area contributed by atoms with Gasteiger partial charge in [0.1, 0.15) is 5.75 Å². The molecule has 1 aliphatic heterocycles. The summed E-state index contributed by atoms with van der Waals surface area (Å²) in [6.45, 7) is 4.43. The van der Waals surface area contributed by atoms with E-state index in [9.17, 15) is 14.4 Å². The zero-order chi connectivity index (χ0) is 21.0. The first kappa shape index (κ1) is 21.1. The Kier molecular flexibility index (Phi) is 6.77. The van der Waals surface area contributed by atoms with Crippen LogP contribution in [0.25, 0.3) is 0 Å². The maximum absolute atomic E-state index is 12.5. The van der Waals surface area contributed by atoms with Crippen molar-refractivity contribution in [2.75, 3.05) is 25.6 Å². The summed E-state index contributed by atoms with van der Waals surface area (Å²) in [5.41, 5.74) is 0.563. The molecule has 1 N–H and O–H groups in total. The Labute approximate surface area is 171 Å². The first-order valence-electron chi connectivity index (χ1n) is 10.3. The summed E-state index contributed by atoms with van der Waals surface area (Å²) in [6, 6.07) is 7.13. The van der Waals surface area contributed by atoms with E-state index >= 15 is 0 Å². The topological polar surface area (TPSA) is 84.9 Å². The summed E-state index contributed by atoms with van der Waals surface area (Å²) in [5, 5.41) is 2.67. The second-order valence-corrected chi connectivity index (χ2v) is 8.17. The molecule has 0 unspecified atom stereocenters. The predicted octanol–water partition coefficient (Wildman–Crippen LogP) is 2.85. The quantitative estimate of drug-likeness (QED) is 0.740. The predicted molar refractivity (Wildman–Crippen MR) is 108 cm³/mol. The molecule has 0 bridgehead atoms. The van der Waals surface area contributed by atoms with Gasteiger partial charge in [0.05, 0.1) is 13.0 Å². The molecule has 2 amide bonds. The van der Waals surface area contributed by atoms with Gasteiger partial charge in [0.15, 0.2) is 6.61 Å². The number of benzene rings is 1. The lowest BCUT2D eigenvalue weighted by Gasteiger charge is -2.39. The van der Waals surface area contributed by atoms with Crippen LogP contribution in [-0.4, -0.2) is 49.0 Å². The average Bonchev–Trinajstić information content (AvgIpc) is 3.10. The standard InChI is InChI=1S/C22H30N2O5/c1-14-6-4-9-19(15(14)2)24-12-16(10-21(24)26)22(27)29-13-20(25)23-17-7-5-8-18(11-17)28-3/h5,7-8,11,14-16,19H,4,6,9-10,12-13H2,1-3H3,(H,23,25)/t14-,15-,16-,19+/m1/s1. The van der Waals surface area contributed by atoms with Crippen molar-refractivity contribution in [3.8, 4) is 5.75 Å². The molecule has 0 radical (unpaired) electrons. The number of amides is 2. The molecule has 2 aliphatic rings. The minimum atomic E-state index is -0.503. The minimum Gasteiger partial charge on any atom is -0.497 e. The fourth-order valence-corrected chi connectivity index (χ4v) is 4.36. The number of nitrogens with zero attached hydrogens (tertiary/aromatic N) is 1. The molecule has 1 aromatic rings. The molecule has 3 rings (SSSR count). The monoisotopic (exact) mass is 402 g/mol. The fraction of sp³-hybridized carbons (Fsp3) is 0.591. The molecule has 7 nitrogen and oxygen atoms in total. The molecule has 1 aromatic carbocycles. The number of carbonyl (C=O) groups excluding carboxylic acids is 3. The normalized spacial score (nSPS) is 26.9. The first-order chi connectivity index (χ1) is 13.9. The molecule has 0 spiro atoms. The van der Waals surface area contributed by atoms with Gasteiger partial charge in [-0.15, -0.1) is 0 Å². The highest BCUT2D eigenvalue weighted by Gasteiger charge is 2.42. The van der Waals surface area contributed by atoms with Gasteiger partial charge in [0.2, 0.25) is 5.91 Å². The number of rotatable bonds is 6. The summed E-state index contributed by atoms with van der Waals surface area (Å²) < 4.78 is 10.3. The summed E-state index contributed by atoms with van der Waals surface area (Å²) in [6.07, 6.45) is 3.45. The van der Waals surface area contributed by atoms with Crippen molar-refractivity contribution in [2.45, 2.75) is 45.6 Å². The Morgan fingerprint density at radius 2 is 2.03 bits per heavy atom. The van der Waals surface area contributed by atoms with E-state index in [1.165, 1.54) is 6.42 Å². The highest BCUT2D eigenvalue weighted by Crippen LogP contribution is 2.35. The van der Waals surface area contributed by atoms with Gasteiger partial charge in [-0.2, -0.15) is 0 Å². The molecule has 1 aliphatic carbocycles. The van der Waals surface area contributed by atoms with Crippen LogP contribution in [0.2, 0.25) is 0 Å². The lowest BCUT2D eigenvalue weighted by atomic mass is 9.77. The lowest BCUT2D eigenvalue weighted by molar-refractivity contribution is -0.151. The van der Waals surface area contributed by atoms with Crippen molar-refractivity contribution in [1.29, 1.82) is 0 Å². The van der Waals surface area contributed by atoms with Gasteiger partial charge in [-0.1, -0.05) is 32.8 Å². The summed E-state index contributed by atoms with van der Waals surface area (Å²) >= 11 is 0. The van der Waals surface area contributed by atoms with Crippen LogP contribution >= 0.6 is 0 Å². The van der Waals surface area contributed by atoms with E-state index in [2.05, 4.69) is 19.2 Å². The number of nitrogens with one attached hydrogen (secondary N) is 1. The molecule has 29 heavy (non-hydrogen) atoms. The number of likely N-dealkylation sites (tertiary alicyclic amines) is 1. The number of carbonyl (C=O) groups is 3. The van der Waals surface area contributed by atoms with Crippen LogP contribution in [0.5, 0.6) is 5.75 Å². The molecular weight excluding hydrogens is 372 g/mol. The van der Waals surface area contributed by atoms with Crippen molar-refractivity contribution >= 4 is 23.5 Å². The zero-order valence-electron chi connectivity index (χ0n) is 17.3. The number of anilines is 1. The average molecular weight is 402 g/mol. The van der Waals surface area contributed by atoms with E-state index in [0.29, 0.717) is 29.8 Å². The Hall–Kier alpha value is -2.57. The molecule has 0 aromatic heterocycles. The van der Waals surface area contributed by atoms with Gasteiger partial charge in [-0.3, -0.25) is 14.4 Å². The lowest BCUT2D eigenvalue weighted by Crippen LogP contribution is -2.45. The molecule has 4 atom stereocenters. The molecule has 158 valence electrons. The molecule has 2 fully saturated rings. The first-order valence-corrected chi connectivity index (χ1v) is 10.3. The van der Waals surface area contributed by atoms with E-state index in [4.69, 9.17) is 9.47 Å². The van der Waals surface area contributed by atoms with E-state index in [-0.39, 0.29) is 25.0 Å². The summed E-state index contributed by atoms with van der Waals surface area (Å²) in [7, 11) is 1.55. The fourth-order valence-electron chi connectivity index (χ4n) is 4.36. The van der Waals surface area contributed by atoms with Gasteiger partial charge < -0.3 is 19.7 Å². The van der Waals surface area contributed by atoms with Crippen LogP contribution in [0.15, 0.2) is 24.3 Å². The SMILES string of the molecule is COc1cccc(NC(=O)COC(=O)[C@@H]2CC(=O)N([C@H]3CCC[C@@H](C)[C@H]3C)C2)c1. The van der Waals surface area contributed by atoms with Crippen LogP contribution < -0.4 is 10.1 Å². The van der Waals surface area contributed by atoms with Crippen LogP contribution in [0.1, 0.15) is 39.5 Å². The van der Waals surface area contributed by atoms with Crippen LogP contribution in [0.4, 0.5) is 5.69 Å². The third-order valence-electron chi connectivity index (χ3n) is 6.25. The number of methoxy groups -OCH3 is 1. The van der Waals surface area contributed by atoms with Crippen LogP contribution in [0, 0.1) is 17.8 Å². The van der Waals surface area contributed by atoms with Crippen molar-refractivity contribution in [3.63, 3.8) is 0 Å². The summed E-state index contributed by atoms with van der Waals surface area (Å²) in [5.74, 6) is 0.218. The molecule has 1 saturated carbocycles. The van der Waals surface area contributed by atoms with Gasteiger partial charge in [0, 0.05) is 30.8 Å². The van der Waals surface area contributed by atoms with E-state index in [1.54, 1.807) is 31.4 Å². The van der Waals surface area contributed by atoms with Crippen LogP contribution in [0.3, 0.4) is 0 Å². The molecular formula is C22H30N2O5. The number of esters is 1. The van der Waals surface area contributed by atoms with Crippen molar-refractivity contribution in [3.05, 3.63) is 24.3 Å². The van der Waals surface area contributed by atoms with E-state index in [0.717, 1.165) is 12.8 Å². The maximum atomic E-state index is 12.5. The Morgan fingerprint density at radius 1 is 1.24 bits per heavy atom. The third-order valence-corrected chi connectivity index (χ3v) is 6.25. The minimum absolute atomic E-state index is 0.0127. The second-order valence-electron chi connectivity index (χ2n) is 8.17. The van der Waals surface area contributed by atoms with Crippen LogP contribution in [-0.2, 0) is 19.1 Å².